The van der Waals surface area contributed by atoms with Gasteiger partial charge in [0, 0.05) is 22.8 Å². The van der Waals surface area contributed by atoms with Gasteiger partial charge < -0.3 is 5.32 Å². The number of anilines is 1. The van der Waals surface area contributed by atoms with Gasteiger partial charge in [0.1, 0.15) is 5.82 Å². The van der Waals surface area contributed by atoms with Crippen LogP contribution in [0.1, 0.15) is 15.9 Å². The van der Waals surface area contributed by atoms with E-state index in [1.54, 1.807) is 19.2 Å². The molecule has 0 saturated carbocycles. The summed E-state index contributed by atoms with van der Waals surface area (Å²) < 4.78 is 13.1. The van der Waals surface area contributed by atoms with Crippen LogP contribution in [-0.2, 0) is 0 Å². The van der Waals surface area contributed by atoms with Crippen molar-refractivity contribution in [2.45, 2.75) is 6.92 Å². The van der Waals surface area contributed by atoms with Gasteiger partial charge in [0.2, 0.25) is 0 Å². The van der Waals surface area contributed by atoms with E-state index >= 15 is 0 Å². The average molecular weight is 280 g/mol. The van der Waals surface area contributed by atoms with Crippen LogP contribution in [0.15, 0.2) is 54.7 Å². The van der Waals surface area contributed by atoms with Gasteiger partial charge in [-0.3, -0.25) is 9.78 Å². The Kier molecular flexibility index (Phi) is 3.36. The van der Waals surface area contributed by atoms with E-state index < -0.39 is 0 Å². The minimum atomic E-state index is -0.346. The third-order valence-electron chi connectivity index (χ3n) is 3.29. The summed E-state index contributed by atoms with van der Waals surface area (Å²) in [7, 11) is 0. The molecule has 1 N–H and O–H groups in total. The fourth-order valence-corrected chi connectivity index (χ4v) is 2.23. The summed E-state index contributed by atoms with van der Waals surface area (Å²) in [6.45, 7) is 1.71. The van der Waals surface area contributed by atoms with Gasteiger partial charge in [-0.25, -0.2) is 4.39 Å². The zero-order valence-corrected chi connectivity index (χ0v) is 11.4. The van der Waals surface area contributed by atoms with Crippen molar-refractivity contribution in [3.8, 4) is 0 Å². The van der Waals surface area contributed by atoms with E-state index in [9.17, 15) is 9.18 Å². The van der Waals surface area contributed by atoms with Crippen molar-refractivity contribution in [2.75, 3.05) is 5.32 Å². The molecule has 1 amide bonds. The summed E-state index contributed by atoms with van der Waals surface area (Å²) in [6.07, 6.45) is 1.72. The highest BCUT2D eigenvalue weighted by Crippen LogP contribution is 2.18. The molecule has 3 rings (SSSR count). The van der Waals surface area contributed by atoms with Crippen LogP contribution in [0.25, 0.3) is 10.9 Å². The molecule has 0 bridgehead atoms. The van der Waals surface area contributed by atoms with Crippen LogP contribution < -0.4 is 5.32 Å². The highest BCUT2D eigenvalue weighted by Gasteiger charge is 2.10. The fourth-order valence-electron chi connectivity index (χ4n) is 2.23. The standard InChI is InChI=1S/C17H13FN2O/c1-11-9-13(18)4-6-15(11)17(21)20-14-5-7-16-12(10-14)3-2-8-19-16/h2-10H,1H3,(H,20,21). The molecule has 4 heteroatoms. The Morgan fingerprint density at radius 3 is 2.81 bits per heavy atom. The largest absolute Gasteiger partial charge is 0.322 e. The van der Waals surface area contributed by atoms with Crippen molar-refractivity contribution in [2.24, 2.45) is 0 Å². The Labute approximate surface area is 121 Å². The lowest BCUT2D eigenvalue weighted by atomic mass is 10.1. The smallest absolute Gasteiger partial charge is 0.255 e. The Balaban J connectivity index is 1.89. The number of rotatable bonds is 2. The summed E-state index contributed by atoms with van der Waals surface area (Å²) in [5.41, 5.74) is 2.62. The number of benzene rings is 2. The molecule has 0 aliphatic heterocycles. The van der Waals surface area contributed by atoms with Crippen molar-refractivity contribution >= 4 is 22.5 Å². The lowest BCUT2D eigenvalue weighted by molar-refractivity contribution is 0.102. The lowest BCUT2D eigenvalue weighted by Gasteiger charge is -2.08. The maximum atomic E-state index is 13.1. The maximum absolute atomic E-state index is 13.1. The summed E-state index contributed by atoms with van der Waals surface area (Å²) in [4.78, 5) is 16.5. The Hall–Kier alpha value is -2.75. The second-order valence-corrected chi connectivity index (χ2v) is 4.82. The van der Waals surface area contributed by atoms with Crippen LogP contribution in [0.2, 0.25) is 0 Å². The van der Waals surface area contributed by atoms with E-state index in [0.29, 0.717) is 16.8 Å². The van der Waals surface area contributed by atoms with Crippen LogP contribution in [0, 0.1) is 12.7 Å². The van der Waals surface area contributed by atoms with Crippen LogP contribution in [0.5, 0.6) is 0 Å². The molecular weight excluding hydrogens is 267 g/mol. The molecule has 21 heavy (non-hydrogen) atoms. The number of amides is 1. The quantitative estimate of drug-likeness (QED) is 0.772. The number of aromatic nitrogens is 1. The van der Waals surface area contributed by atoms with Gasteiger partial charge in [0.15, 0.2) is 0 Å². The maximum Gasteiger partial charge on any atom is 0.255 e. The Morgan fingerprint density at radius 2 is 2.00 bits per heavy atom. The number of aryl methyl sites for hydroxylation is 1. The van der Waals surface area contributed by atoms with Gasteiger partial charge in [-0.05, 0) is 55.0 Å². The number of hydrogen-bond donors (Lipinski definition) is 1. The number of carbonyl (C=O) groups excluding carboxylic acids is 1. The zero-order chi connectivity index (χ0) is 14.8. The first-order chi connectivity index (χ1) is 10.1. The second-order valence-electron chi connectivity index (χ2n) is 4.82. The number of nitrogens with one attached hydrogen (secondary N) is 1. The van der Waals surface area contributed by atoms with Crippen LogP contribution in [-0.4, -0.2) is 10.9 Å². The topological polar surface area (TPSA) is 42.0 Å². The van der Waals surface area contributed by atoms with Crippen molar-refractivity contribution in [1.82, 2.24) is 4.98 Å². The molecule has 104 valence electrons. The summed E-state index contributed by atoms with van der Waals surface area (Å²) in [6, 6.07) is 13.4. The molecular formula is C17H13FN2O. The van der Waals surface area contributed by atoms with E-state index in [1.807, 2.05) is 24.3 Å². The molecule has 3 aromatic rings. The number of carbonyl (C=O) groups is 1. The van der Waals surface area contributed by atoms with Crippen LogP contribution in [0.3, 0.4) is 0 Å². The van der Waals surface area contributed by atoms with Gasteiger partial charge in [-0.2, -0.15) is 0 Å². The van der Waals surface area contributed by atoms with Crippen LogP contribution >= 0.6 is 0 Å². The SMILES string of the molecule is Cc1cc(F)ccc1C(=O)Nc1ccc2ncccc2c1. The van der Waals surface area contributed by atoms with Gasteiger partial charge in [0.05, 0.1) is 5.52 Å². The van der Waals surface area contributed by atoms with Gasteiger partial charge in [-0.15, -0.1) is 0 Å². The highest BCUT2D eigenvalue weighted by molar-refractivity contribution is 6.06. The third kappa shape index (κ3) is 2.74. The first kappa shape index (κ1) is 13.2. The number of hydrogen-bond acceptors (Lipinski definition) is 2. The minimum Gasteiger partial charge on any atom is -0.322 e. The molecule has 0 saturated heterocycles. The molecule has 0 atom stereocenters. The van der Waals surface area contributed by atoms with Gasteiger partial charge >= 0.3 is 0 Å². The summed E-state index contributed by atoms with van der Waals surface area (Å²) in [5.74, 6) is -0.600. The first-order valence-electron chi connectivity index (χ1n) is 6.56. The minimum absolute atomic E-state index is 0.254. The van der Waals surface area contributed by atoms with E-state index in [1.165, 1.54) is 18.2 Å². The fraction of sp³-hybridized carbons (Fsp3) is 0.0588. The van der Waals surface area contributed by atoms with Crippen molar-refractivity contribution in [3.05, 3.63) is 71.7 Å². The van der Waals surface area contributed by atoms with Gasteiger partial charge in [0.25, 0.3) is 5.91 Å². The number of nitrogens with zero attached hydrogens (tertiary/aromatic N) is 1. The lowest BCUT2D eigenvalue weighted by Crippen LogP contribution is -2.13. The molecule has 2 aromatic carbocycles. The monoisotopic (exact) mass is 280 g/mol. The molecule has 1 heterocycles. The normalized spacial score (nSPS) is 10.6. The molecule has 0 radical (unpaired) electrons. The van der Waals surface area contributed by atoms with E-state index in [4.69, 9.17) is 0 Å². The molecule has 0 unspecified atom stereocenters. The number of halogens is 1. The van der Waals surface area contributed by atoms with Crippen LogP contribution in [0.4, 0.5) is 10.1 Å². The molecule has 0 aliphatic rings. The predicted molar refractivity (Wildman–Crippen MR) is 80.8 cm³/mol. The van der Waals surface area contributed by atoms with E-state index in [0.717, 1.165) is 10.9 Å². The van der Waals surface area contributed by atoms with Crippen molar-refractivity contribution < 1.29 is 9.18 Å². The van der Waals surface area contributed by atoms with E-state index in [-0.39, 0.29) is 11.7 Å². The summed E-state index contributed by atoms with van der Waals surface area (Å²) >= 11 is 0. The second kappa shape index (κ2) is 5.32. The highest BCUT2D eigenvalue weighted by atomic mass is 19.1. The predicted octanol–water partition coefficient (Wildman–Crippen LogP) is 3.93. The summed E-state index contributed by atoms with van der Waals surface area (Å²) in [5, 5.41) is 3.77. The molecule has 3 nitrogen and oxygen atoms in total. The van der Waals surface area contributed by atoms with Gasteiger partial charge in [-0.1, -0.05) is 6.07 Å². The molecule has 0 aliphatic carbocycles. The number of fused-ring (bicyclic) bond motifs is 1. The average Bonchev–Trinajstić information content (AvgIpc) is 2.47. The molecule has 0 fully saturated rings. The first-order valence-corrected chi connectivity index (χ1v) is 6.56. The van der Waals surface area contributed by atoms with E-state index in [2.05, 4.69) is 10.3 Å². The van der Waals surface area contributed by atoms with Crippen molar-refractivity contribution in [3.63, 3.8) is 0 Å². The molecule has 0 spiro atoms. The number of pyridine rings is 1. The molecule has 1 aromatic heterocycles. The third-order valence-corrected chi connectivity index (χ3v) is 3.29. The Bertz CT molecular complexity index is 830. The zero-order valence-electron chi connectivity index (χ0n) is 11.4. The Morgan fingerprint density at radius 1 is 1.14 bits per heavy atom. The van der Waals surface area contributed by atoms with Crippen molar-refractivity contribution in [1.29, 1.82) is 0 Å².